The molecule has 0 fully saturated rings. The molecule has 62 heavy (non-hydrogen) atoms. The number of rotatable bonds is 8. The van der Waals surface area contributed by atoms with Crippen LogP contribution in [0.15, 0.2) is 72.8 Å². The number of aryl methyl sites for hydroxylation is 1. The second-order valence-electron chi connectivity index (χ2n) is 12.7. The molecule has 0 atom stereocenters. The van der Waals surface area contributed by atoms with E-state index in [0.717, 1.165) is 0 Å². The first-order chi connectivity index (χ1) is 27.8. The van der Waals surface area contributed by atoms with Crippen LogP contribution < -0.4 is 0 Å². The molecule has 4 nitrogen and oxygen atoms in total. The zero-order valence-corrected chi connectivity index (χ0v) is 32.4. The van der Waals surface area contributed by atoms with Gasteiger partial charge in [-0.2, -0.15) is 0 Å². The maximum atomic E-state index is 15.0. The Morgan fingerprint density at radius 2 is 0.468 bits per heavy atom. The number of hydrogen-bond acceptors (Lipinski definition) is 4. The summed E-state index contributed by atoms with van der Waals surface area (Å²) in [5.41, 5.74) is -35.1. The third kappa shape index (κ3) is 9.03. The van der Waals surface area contributed by atoms with E-state index in [4.69, 9.17) is 0 Å². The van der Waals surface area contributed by atoms with E-state index in [2.05, 4.69) is 0 Å². The van der Waals surface area contributed by atoms with Gasteiger partial charge in [0.15, 0.2) is 0 Å². The van der Waals surface area contributed by atoms with Crippen molar-refractivity contribution in [1.82, 2.24) is 0 Å². The number of carbonyl (C=O) groups is 4. The molecule has 0 N–H and O–H groups in total. The molecule has 4 aromatic carbocycles. The molecule has 0 aromatic heterocycles. The molecule has 4 rings (SSSR count). The molecule has 0 heterocycles. The molecule has 0 spiro atoms. The van der Waals surface area contributed by atoms with Crippen LogP contribution in [-0.2, 0) is 43.2 Å². The van der Waals surface area contributed by atoms with Gasteiger partial charge in [0.05, 0.1) is 0 Å². The van der Waals surface area contributed by atoms with Gasteiger partial charge in [0.2, 0.25) is 0 Å². The van der Waals surface area contributed by atoms with Gasteiger partial charge in [-0.1, -0.05) is 0 Å². The van der Waals surface area contributed by atoms with Gasteiger partial charge in [-0.25, -0.2) is 0 Å². The molecule has 0 aliphatic rings. The van der Waals surface area contributed by atoms with Gasteiger partial charge >= 0.3 is 335 Å². The Balaban J connectivity index is 2.61. The van der Waals surface area contributed by atoms with Gasteiger partial charge < -0.3 is 0 Å². The number of hydrogen-bond donors (Lipinski definition) is 0. The molecule has 0 bridgehead atoms. The molecule has 0 saturated heterocycles. The maximum absolute atomic E-state index is 15.0. The van der Waals surface area contributed by atoms with Gasteiger partial charge in [0, 0.05) is 0 Å². The molecule has 0 amide bonds. The SMILES string of the molecule is Cc1cccc(C(F)(F)F)c1[C](=O)[Sn]([C](=O)c1c(C(F)(F)F)cccc1C(F)(F)F)([C](=O)c1c(C(F)(F)F)cccc1C(F)(F)F)[C](=O)c1c(C(F)(F)F)cccc1C(F)(F)F. The van der Waals surface area contributed by atoms with Crippen LogP contribution in [0, 0.1) is 6.92 Å². The van der Waals surface area contributed by atoms with Crippen molar-refractivity contribution in [3.63, 3.8) is 0 Å². The van der Waals surface area contributed by atoms with Crippen molar-refractivity contribution in [2.75, 3.05) is 0 Å². The molecule has 0 radical (unpaired) electrons. The van der Waals surface area contributed by atoms with Crippen molar-refractivity contribution in [3.8, 4) is 0 Å². The summed E-state index contributed by atoms with van der Waals surface area (Å²) >= 11 is -10.4. The van der Waals surface area contributed by atoms with Gasteiger partial charge in [-0.05, 0) is 0 Å². The predicted octanol–water partition coefficient (Wildman–Crippen LogP) is 12.6. The van der Waals surface area contributed by atoms with Crippen LogP contribution in [0.25, 0.3) is 0 Å². The molecule has 4 aromatic rings. The van der Waals surface area contributed by atoms with Crippen molar-refractivity contribution < 1.29 is 111 Å². The Kier molecular flexibility index (Phi) is 12.7. The molecular weight excluding hydrogens is 1010 g/mol. The van der Waals surface area contributed by atoms with E-state index in [1.807, 2.05) is 0 Å². The van der Waals surface area contributed by atoms with E-state index in [1.165, 1.54) is 0 Å². The van der Waals surface area contributed by atoms with E-state index >= 15 is 4.79 Å². The second kappa shape index (κ2) is 15.9. The first-order valence-electron chi connectivity index (χ1n) is 16.0. The van der Waals surface area contributed by atoms with Crippen LogP contribution in [0.4, 0.5) is 92.2 Å². The number of benzene rings is 4. The summed E-state index contributed by atoms with van der Waals surface area (Å²) in [6.45, 7) is 0.305. The average molecular weight is 1030 g/mol. The van der Waals surface area contributed by atoms with E-state index in [0.29, 0.717) is 19.1 Å². The number of alkyl halides is 21. The molecule has 0 unspecified atom stereocenters. The van der Waals surface area contributed by atoms with Crippen LogP contribution in [-0.4, -0.2) is 33.6 Å². The van der Waals surface area contributed by atoms with Crippen LogP contribution in [0.2, 0.25) is 0 Å². The first-order valence-corrected chi connectivity index (χ1v) is 21.7. The van der Waals surface area contributed by atoms with E-state index in [1.54, 1.807) is 0 Å². The minimum atomic E-state index is -10.4. The van der Waals surface area contributed by atoms with E-state index in [-0.39, 0.29) is 24.3 Å². The van der Waals surface area contributed by atoms with Gasteiger partial charge in [0.25, 0.3) is 0 Å². The third-order valence-corrected chi connectivity index (χ3v) is 19.5. The third-order valence-electron chi connectivity index (χ3n) is 8.87. The van der Waals surface area contributed by atoms with Crippen molar-refractivity contribution in [1.29, 1.82) is 0 Å². The van der Waals surface area contributed by atoms with Crippen LogP contribution in [0.5, 0.6) is 0 Å². The van der Waals surface area contributed by atoms with Crippen LogP contribution in [0.1, 0.15) is 85.9 Å². The fourth-order valence-electron chi connectivity index (χ4n) is 6.38. The van der Waals surface area contributed by atoms with E-state index < -0.39 is 180 Å². The summed E-state index contributed by atoms with van der Waals surface area (Å²) in [5, 5.41) is 0. The van der Waals surface area contributed by atoms with Crippen LogP contribution in [0.3, 0.4) is 0 Å². The van der Waals surface area contributed by atoms with Gasteiger partial charge in [-0.15, -0.1) is 0 Å². The Morgan fingerprint density at radius 3 is 0.661 bits per heavy atom. The zero-order chi connectivity index (χ0) is 47.7. The zero-order valence-electron chi connectivity index (χ0n) is 29.5. The summed E-state index contributed by atoms with van der Waals surface area (Å²) in [6.07, 6.45) is -45.1. The molecular formula is C36H15F21O4Sn. The molecule has 26 heteroatoms. The van der Waals surface area contributed by atoms with Gasteiger partial charge in [-0.3, -0.25) is 0 Å². The second-order valence-corrected chi connectivity index (χ2v) is 22.2. The number of halogens is 21. The summed E-state index contributed by atoms with van der Waals surface area (Å²) in [6, 6.07) is -3.68. The van der Waals surface area contributed by atoms with Crippen molar-refractivity contribution >= 4 is 33.6 Å². The van der Waals surface area contributed by atoms with Crippen molar-refractivity contribution in [2.24, 2.45) is 0 Å². The summed E-state index contributed by atoms with van der Waals surface area (Å²) in [4.78, 5) is 60.0. The average Bonchev–Trinajstić information content (AvgIpc) is 3.11. The summed E-state index contributed by atoms with van der Waals surface area (Å²) in [7, 11) is 0. The standard InChI is InChI=1S/3C9H3F6O.C9H6F3O.Sn/c3*10-8(11,12)6-2-1-3-7(5(6)4-16)9(13,14)15;1-6-3-2-4-8(7(6)5-13)9(10,11)12;/h3*1-3H;2-4H,1H3;. The first kappa shape index (κ1) is 49.5. The molecule has 0 aliphatic heterocycles. The molecule has 0 saturated carbocycles. The van der Waals surface area contributed by atoms with Gasteiger partial charge in [0.1, 0.15) is 0 Å². The Morgan fingerprint density at radius 1 is 0.306 bits per heavy atom. The van der Waals surface area contributed by atoms with Crippen molar-refractivity contribution in [3.05, 3.63) is 140 Å². The topological polar surface area (TPSA) is 68.3 Å². The Hall–Kier alpha value is -5.11. The number of carbonyl (C=O) groups excluding carboxylic acids is 4. The molecule has 334 valence electrons. The fraction of sp³-hybridized carbons (Fsp3) is 0.222. The fourth-order valence-corrected chi connectivity index (χ4v) is 17.4. The summed E-state index contributed by atoms with van der Waals surface area (Å²) in [5.74, 6) is 0. The Bertz CT molecular complexity index is 2160. The van der Waals surface area contributed by atoms with Crippen molar-refractivity contribution in [2.45, 2.75) is 50.2 Å². The minimum absolute atomic E-state index is 0.213. The molecule has 0 aliphatic carbocycles. The monoisotopic (exact) mass is 1030 g/mol. The van der Waals surface area contributed by atoms with E-state index in [9.17, 15) is 107 Å². The quantitative estimate of drug-likeness (QED) is 0.130. The Labute approximate surface area is 334 Å². The van der Waals surface area contributed by atoms with Crippen LogP contribution >= 0.6 is 0 Å². The predicted molar refractivity (Wildman–Crippen MR) is 169 cm³/mol. The summed E-state index contributed by atoms with van der Waals surface area (Å²) < 4.78 is 292. The normalized spacial score (nSPS) is 13.6.